The Kier molecular flexibility index (Phi) is 6.53. The van der Waals surface area contributed by atoms with Gasteiger partial charge in [-0.25, -0.2) is 10.4 Å². The lowest BCUT2D eigenvalue weighted by Crippen LogP contribution is -2.48. The molecule has 1 aromatic carbocycles. The molecular weight excluding hydrogens is 440 g/mol. The van der Waals surface area contributed by atoms with E-state index in [4.69, 9.17) is 15.1 Å². The third kappa shape index (κ3) is 4.93. The number of aliphatic hydroxyl groups excluding tert-OH is 1. The van der Waals surface area contributed by atoms with Crippen molar-refractivity contribution in [3.05, 3.63) is 40.5 Å². The van der Waals surface area contributed by atoms with Crippen molar-refractivity contribution in [3.8, 4) is 28.1 Å². The second kappa shape index (κ2) is 9.22. The zero-order valence-corrected chi connectivity index (χ0v) is 20.1. The molecule has 9 nitrogen and oxygen atoms in total. The van der Waals surface area contributed by atoms with E-state index in [9.17, 15) is 10.2 Å². The second-order valence-corrected chi connectivity index (χ2v) is 9.90. The molecule has 3 heterocycles. The van der Waals surface area contributed by atoms with Gasteiger partial charge in [-0.2, -0.15) is 5.10 Å². The number of rotatable bonds is 7. The van der Waals surface area contributed by atoms with Gasteiger partial charge in [-0.1, -0.05) is 6.07 Å². The summed E-state index contributed by atoms with van der Waals surface area (Å²) in [5.41, 5.74) is 5.78. The molecule has 0 fully saturated rings. The number of hydrazine groups is 1. The Morgan fingerprint density at radius 2 is 2.18 bits per heavy atom. The summed E-state index contributed by atoms with van der Waals surface area (Å²) in [5.74, 6) is 0.981. The standard InChI is InChI=1S/C23H30N6O3S/c1-14(12-30)29(25-4)21(24)22-27-20-17-6-5-15(9-18(17)32-8-7-19(20)33-22)16-10-26-28(11-16)13-23(2,3)31/h5-6,9-11,14,24-25,30-31H,7-8,12-13H2,1-4H3. The van der Waals surface area contributed by atoms with Crippen LogP contribution in [0.5, 0.6) is 5.75 Å². The van der Waals surface area contributed by atoms with Crippen LogP contribution in [0.4, 0.5) is 0 Å². The van der Waals surface area contributed by atoms with Crippen molar-refractivity contribution in [2.45, 2.75) is 45.4 Å². The van der Waals surface area contributed by atoms with Crippen LogP contribution < -0.4 is 10.2 Å². The number of hydrogen-bond donors (Lipinski definition) is 4. The normalized spacial score (nSPS) is 14.1. The van der Waals surface area contributed by atoms with Gasteiger partial charge in [0.25, 0.3) is 0 Å². The van der Waals surface area contributed by atoms with Crippen LogP contribution in [0.3, 0.4) is 0 Å². The summed E-state index contributed by atoms with van der Waals surface area (Å²) >= 11 is 1.49. The first-order valence-electron chi connectivity index (χ1n) is 10.9. The molecule has 0 aliphatic carbocycles. The molecule has 0 amide bonds. The quantitative estimate of drug-likeness (QED) is 0.238. The van der Waals surface area contributed by atoms with Crippen molar-refractivity contribution >= 4 is 17.2 Å². The number of amidine groups is 1. The van der Waals surface area contributed by atoms with Crippen molar-refractivity contribution < 1.29 is 14.9 Å². The molecule has 10 heteroatoms. The van der Waals surface area contributed by atoms with Crippen LogP contribution in [0.15, 0.2) is 30.6 Å². The van der Waals surface area contributed by atoms with E-state index >= 15 is 0 Å². The van der Waals surface area contributed by atoms with Crippen molar-refractivity contribution in [2.75, 3.05) is 20.3 Å². The van der Waals surface area contributed by atoms with E-state index in [-0.39, 0.29) is 18.5 Å². The minimum atomic E-state index is -0.843. The highest BCUT2D eigenvalue weighted by molar-refractivity contribution is 7.14. The number of ether oxygens (including phenoxy) is 1. The smallest absolute Gasteiger partial charge is 0.172 e. The topological polar surface area (TPSA) is 120 Å². The van der Waals surface area contributed by atoms with Gasteiger partial charge >= 0.3 is 0 Å². The van der Waals surface area contributed by atoms with Crippen LogP contribution in [0.2, 0.25) is 0 Å². The zero-order valence-electron chi connectivity index (χ0n) is 19.3. The van der Waals surface area contributed by atoms with Crippen LogP contribution in [0.1, 0.15) is 30.7 Å². The second-order valence-electron chi connectivity index (χ2n) is 8.81. The number of hydrogen-bond acceptors (Lipinski definition) is 8. The Hall–Kier alpha value is -2.79. The van der Waals surface area contributed by atoms with E-state index in [1.54, 1.807) is 36.8 Å². The number of aliphatic hydroxyl groups is 2. The molecule has 0 saturated carbocycles. The maximum atomic E-state index is 10.0. The fourth-order valence-corrected chi connectivity index (χ4v) is 4.84. The van der Waals surface area contributed by atoms with E-state index in [2.05, 4.69) is 10.5 Å². The van der Waals surface area contributed by atoms with Crippen LogP contribution in [-0.2, 0) is 13.0 Å². The predicted octanol–water partition coefficient (Wildman–Crippen LogP) is 2.52. The number of nitrogens with one attached hydrogen (secondary N) is 2. The Bertz CT molecular complexity index is 1150. The molecule has 1 aliphatic rings. The van der Waals surface area contributed by atoms with Crippen molar-refractivity contribution in [2.24, 2.45) is 0 Å². The van der Waals surface area contributed by atoms with E-state index in [1.807, 2.05) is 31.3 Å². The van der Waals surface area contributed by atoms with E-state index in [1.165, 1.54) is 11.3 Å². The Labute approximate surface area is 197 Å². The SMILES string of the molecule is CNN(C(=N)c1nc2c(s1)CCOc1cc(-c3cnn(CC(C)(C)O)c3)ccc1-2)C(C)CO. The summed E-state index contributed by atoms with van der Waals surface area (Å²) < 4.78 is 7.79. The first-order valence-corrected chi connectivity index (χ1v) is 11.7. The van der Waals surface area contributed by atoms with Gasteiger partial charge in [-0.15, -0.1) is 11.3 Å². The summed E-state index contributed by atoms with van der Waals surface area (Å²) in [6.45, 7) is 6.22. The first-order chi connectivity index (χ1) is 15.7. The molecule has 2 aromatic heterocycles. The Morgan fingerprint density at radius 3 is 2.88 bits per heavy atom. The first kappa shape index (κ1) is 23.4. The lowest BCUT2D eigenvalue weighted by molar-refractivity contribution is 0.0577. The maximum absolute atomic E-state index is 10.0. The van der Waals surface area contributed by atoms with Gasteiger partial charge in [0.05, 0.1) is 43.3 Å². The Morgan fingerprint density at radius 1 is 1.39 bits per heavy atom. The summed E-state index contributed by atoms with van der Waals surface area (Å²) in [6, 6.07) is 5.76. The fraction of sp³-hybridized carbons (Fsp3) is 0.435. The minimum Gasteiger partial charge on any atom is -0.492 e. The number of thiazole rings is 1. The summed E-state index contributed by atoms with van der Waals surface area (Å²) in [7, 11) is 1.73. The summed E-state index contributed by atoms with van der Waals surface area (Å²) in [5, 5.41) is 34.7. The lowest BCUT2D eigenvalue weighted by atomic mass is 10.0. The third-order valence-electron chi connectivity index (χ3n) is 5.43. The molecule has 0 bridgehead atoms. The zero-order chi connectivity index (χ0) is 23.8. The highest BCUT2D eigenvalue weighted by Crippen LogP contribution is 2.40. The van der Waals surface area contributed by atoms with Crippen LogP contribution in [-0.4, -0.2) is 67.7 Å². The maximum Gasteiger partial charge on any atom is 0.172 e. The largest absolute Gasteiger partial charge is 0.492 e. The van der Waals surface area contributed by atoms with E-state index in [0.717, 1.165) is 33.0 Å². The van der Waals surface area contributed by atoms with Gasteiger partial charge in [0, 0.05) is 35.7 Å². The van der Waals surface area contributed by atoms with Gasteiger partial charge in [0.15, 0.2) is 10.8 Å². The van der Waals surface area contributed by atoms with Crippen LogP contribution in [0.25, 0.3) is 22.4 Å². The van der Waals surface area contributed by atoms with E-state index < -0.39 is 5.60 Å². The molecule has 33 heavy (non-hydrogen) atoms. The summed E-state index contributed by atoms with van der Waals surface area (Å²) in [6.07, 6.45) is 4.41. The van der Waals surface area contributed by atoms with Crippen LogP contribution >= 0.6 is 11.3 Å². The van der Waals surface area contributed by atoms with E-state index in [0.29, 0.717) is 24.6 Å². The van der Waals surface area contributed by atoms with Crippen LogP contribution in [0, 0.1) is 5.41 Å². The monoisotopic (exact) mass is 470 g/mol. The highest BCUT2D eigenvalue weighted by atomic mass is 32.1. The average molecular weight is 471 g/mol. The van der Waals surface area contributed by atoms with Crippen molar-refractivity contribution in [1.29, 1.82) is 5.41 Å². The third-order valence-corrected chi connectivity index (χ3v) is 6.55. The van der Waals surface area contributed by atoms with Gasteiger partial charge in [0.1, 0.15) is 5.75 Å². The summed E-state index contributed by atoms with van der Waals surface area (Å²) in [4.78, 5) is 5.87. The molecule has 4 N–H and O–H groups in total. The molecule has 0 radical (unpaired) electrons. The molecular formula is C23H30N6O3S. The molecule has 1 atom stereocenters. The minimum absolute atomic E-state index is 0.0693. The molecule has 0 saturated heterocycles. The van der Waals surface area contributed by atoms with Crippen molar-refractivity contribution in [1.82, 2.24) is 25.2 Å². The molecule has 176 valence electrons. The number of fused-ring (bicyclic) bond motifs is 3. The average Bonchev–Trinajstić information content (AvgIpc) is 3.36. The van der Waals surface area contributed by atoms with Gasteiger partial charge < -0.3 is 14.9 Å². The lowest BCUT2D eigenvalue weighted by Gasteiger charge is -2.27. The van der Waals surface area contributed by atoms with Gasteiger partial charge in [0.2, 0.25) is 0 Å². The number of aromatic nitrogens is 3. The molecule has 1 aliphatic heterocycles. The molecule has 0 spiro atoms. The highest BCUT2D eigenvalue weighted by Gasteiger charge is 2.25. The molecule has 3 aromatic rings. The van der Waals surface area contributed by atoms with Gasteiger partial charge in [-0.05, 0) is 38.5 Å². The predicted molar refractivity (Wildman–Crippen MR) is 129 cm³/mol. The number of benzene rings is 1. The van der Waals surface area contributed by atoms with Crippen molar-refractivity contribution in [3.63, 3.8) is 0 Å². The molecule has 4 rings (SSSR count). The Balaban J connectivity index is 1.65. The molecule has 1 unspecified atom stereocenters. The number of nitrogens with zero attached hydrogens (tertiary/aromatic N) is 4. The fourth-order valence-electron chi connectivity index (χ4n) is 3.84. The van der Waals surface area contributed by atoms with Gasteiger partial charge in [-0.3, -0.25) is 15.1 Å².